The molecule has 1 aliphatic carbocycles. The number of urea groups is 1. The number of nitrogens with one attached hydrogen (secondary N) is 2. The number of nitrogens with zero attached hydrogens (tertiary/aromatic N) is 11. The number of allylic oxidation sites excluding steroid dienone is 1. The minimum absolute atomic E-state index is 0.204. The number of imide groups is 1. The summed E-state index contributed by atoms with van der Waals surface area (Å²) in [5, 5.41) is 22.9. The van der Waals surface area contributed by atoms with Crippen molar-refractivity contribution in [3.63, 3.8) is 0 Å². The van der Waals surface area contributed by atoms with Gasteiger partial charge in [-0.1, -0.05) is 19.1 Å². The normalized spacial score (nSPS) is 21.3. The fourth-order valence-corrected chi connectivity index (χ4v) is 10.6. The van der Waals surface area contributed by atoms with Gasteiger partial charge in [0.2, 0.25) is 11.9 Å². The van der Waals surface area contributed by atoms with Gasteiger partial charge in [-0.05, 0) is 86.2 Å². The summed E-state index contributed by atoms with van der Waals surface area (Å²) in [4.78, 5) is 61.1. The number of piperidine rings is 1. The minimum atomic E-state index is -0.997. The molecule has 18 heteroatoms. The van der Waals surface area contributed by atoms with E-state index in [1.165, 1.54) is 0 Å². The number of hydrogen-bond acceptors (Lipinski definition) is 13. The lowest BCUT2D eigenvalue weighted by molar-refractivity contribution is -0.133. The van der Waals surface area contributed by atoms with Crippen molar-refractivity contribution in [2.24, 2.45) is 7.05 Å². The molecule has 4 aromatic heterocycles. The third-order valence-corrected chi connectivity index (χ3v) is 14.2. The molecule has 4 fully saturated rings. The van der Waals surface area contributed by atoms with Crippen molar-refractivity contribution in [2.45, 2.75) is 69.2 Å². The SMILES string of the molecule is C=CCn1c(=O)c2cnc(Nc3ccc(N4CCC(N5CCOC6(CN(c7ccc8c(N9CCC(=O)NC9=O)nn(C)c8c7)C6)C5)CC4)cc3)nc2n1-c1ccc2c(n1)[C@@](O)(CC)CC2. The maximum absolute atomic E-state index is 13.6. The van der Waals surface area contributed by atoms with Crippen LogP contribution in [0.2, 0.25) is 0 Å². The standard InChI is InChI=1S/C47H53N13O5/c1-4-19-59-43(62)36-26-48-44(52-41(36)60(59)38-13-6-30-14-18-47(64,5-2)40(30)50-38)49-31-7-9-32(10-8-31)55-20-15-33(16-21-55)56-23-24-65-46(27-56)28-57(29-46)34-11-12-35-37(25-34)54(3)53-42(35)58-22-17-39(61)51-45(58)63/h4,6-13,25-26,33,64H,1,5,14-24,27-29H2,2-3H3,(H,48,49,52)(H,51,61,63)/t47-/m1/s1. The van der Waals surface area contributed by atoms with Gasteiger partial charge >= 0.3 is 6.03 Å². The van der Waals surface area contributed by atoms with Crippen LogP contribution < -0.4 is 30.9 Å². The number of aryl methyl sites for hydroxylation is 2. The first-order chi connectivity index (χ1) is 31.5. The molecule has 3 amide bonds. The zero-order valence-corrected chi connectivity index (χ0v) is 36.7. The van der Waals surface area contributed by atoms with Crippen LogP contribution >= 0.6 is 0 Å². The highest BCUT2D eigenvalue weighted by Crippen LogP contribution is 2.40. The van der Waals surface area contributed by atoms with Crippen molar-refractivity contribution in [1.82, 2.24) is 44.3 Å². The molecule has 18 nitrogen and oxygen atoms in total. The number of carbonyl (C=O) groups is 2. The molecule has 1 atom stereocenters. The molecule has 336 valence electrons. The summed E-state index contributed by atoms with van der Waals surface area (Å²) in [5.41, 5.74) is 4.68. The Morgan fingerprint density at radius 1 is 0.938 bits per heavy atom. The Balaban J connectivity index is 0.720. The third kappa shape index (κ3) is 7.10. The number of amides is 3. The van der Waals surface area contributed by atoms with E-state index < -0.39 is 11.6 Å². The summed E-state index contributed by atoms with van der Waals surface area (Å²) in [6.45, 7) is 12.5. The fraction of sp³-hybridized carbons (Fsp3) is 0.426. The van der Waals surface area contributed by atoms with Crippen LogP contribution in [0.4, 0.5) is 33.6 Å². The molecule has 5 aliphatic rings. The second-order valence-corrected chi connectivity index (χ2v) is 18.1. The first kappa shape index (κ1) is 41.1. The van der Waals surface area contributed by atoms with Crippen molar-refractivity contribution >= 4 is 62.7 Å². The predicted molar refractivity (Wildman–Crippen MR) is 247 cm³/mol. The number of ether oxygens (including phenoxy) is 1. The lowest BCUT2D eigenvalue weighted by atomic mass is 9.89. The number of rotatable bonds is 10. The quantitative estimate of drug-likeness (QED) is 0.165. The second-order valence-electron chi connectivity index (χ2n) is 18.1. The van der Waals surface area contributed by atoms with Gasteiger partial charge in [-0.25, -0.2) is 24.1 Å². The maximum Gasteiger partial charge on any atom is 0.329 e. The Bertz CT molecular complexity index is 2930. The molecule has 8 heterocycles. The monoisotopic (exact) mass is 879 g/mol. The zero-order valence-electron chi connectivity index (χ0n) is 36.7. The summed E-state index contributed by atoms with van der Waals surface area (Å²) in [5.74, 6) is 1.16. The summed E-state index contributed by atoms with van der Waals surface area (Å²) < 4.78 is 11.5. The zero-order chi connectivity index (χ0) is 44.6. The van der Waals surface area contributed by atoms with Crippen LogP contribution in [0.15, 0.2) is 78.2 Å². The van der Waals surface area contributed by atoms with Gasteiger partial charge in [-0.15, -0.1) is 6.58 Å². The lowest BCUT2D eigenvalue weighted by Gasteiger charge is -2.56. The number of carbonyl (C=O) groups excluding carboxylic acids is 2. The molecule has 4 aliphatic heterocycles. The average Bonchev–Trinajstić information content (AvgIpc) is 3.92. The Labute approximate surface area is 375 Å². The van der Waals surface area contributed by atoms with E-state index in [-0.39, 0.29) is 30.0 Å². The molecular weight excluding hydrogens is 827 g/mol. The van der Waals surface area contributed by atoms with E-state index >= 15 is 0 Å². The fourth-order valence-electron chi connectivity index (χ4n) is 10.6. The van der Waals surface area contributed by atoms with Gasteiger partial charge in [0, 0.05) is 80.9 Å². The Morgan fingerprint density at radius 3 is 2.51 bits per heavy atom. The highest BCUT2D eigenvalue weighted by molar-refractivity contribution is 6.09. The smallest absolute Gasteiger partial charge is 0.329 e. The molecule has 0 radical (unpaired) electrons. The molecular formula is C47H53N13O5. The number of fused-ring (bicyclic) bond motifs is 3. The first-order valence-corrected chi connectivity index (χ1v) is 22.7. The second kappa shape index (κ2) is 15.8. The number of aliphatic hydroxyl groups is 1. The molecule has 3 N–H and O–H groups in total. The van der Waals surface area contributed by atoms with Crippen molar-refractivity contribution in [3.8, 4) is 5.82 Å². The number of hydrogen-bond donors (Lipinski definition) is 3. The van der Waals surface area contributed by atoms with Crippen molar-refractivity contribution in [3.05, 3.63) is 95.1 Å². The summed E-state index contributed by atoms with van der Waals surface area (Å²) in [6, 6.07) is 18.5. The van der Waals surface area contributed by atoms with E-state index in [2.05, 4.69) is 66.3 Å². The van der Waals surface area contributed by atoms with Crippen molar-refractivity contribution in [2.75, 3.05) is 72.4 Å². The molecule has 65 heavy (non-hydrogen) atoms. The van der Waals surface area contributed by atoms with Crippen LogP contribution in [-0.4, -0.2) is 120 Å². The summed E-state index contributed by atoms with van der Waals surface area (Å²) in [7, 11) is 1.88. The largest absolute Gasteiger partial charge is 0.384 e. The van der Waals surface area contributed by atoms with E-state index in [4.69, 9.17) is 14.7 Å². The van der Waals surface area contributed by atoms with Crippen molar-refractivity contribution < 1.29 is 19.4 Å². The first-order valence-electron chi connectivity index (χ1n) is 22.7. The molecule has 0 saturated carbocycles. The van der Waals surface area contributed by atoms with Crippen LogP contribution in [0.25, 0.3) is 27.8 Å². The number of aromatic nitrogens is 7. The molecule has 0 bridgehead atoms. The number of pyridine rings is 1. The Hall–Kier alpha value is -6.63. The summed E-state index contributed by atoms with van der Waals surface area (Å²) >= 11 is 0. The minimum Gasteiger partial charge on any atom is -0.384 e. The van der Waals surface area contributed by atoms with Gasteiger partial charge in [-0.2, -0.15) is 10.1 Å². The van der Waals surface area contributed by atoms with Crippen LogP contribution in [0.3, 0.4) is 0 Å². The molecule has 0 unspecified atom stereocenters. The molecule has 6 aromatic rings. The molecule has 11 rings (SSSR count). The van der Waals surface area contributed by atoms with E-state index in [0.717, 1.165) is 98.7 Å². The lowest BCUT2D eigenvalue weighted by Crippen LogP contribution is -2.71. The van der Waals surface area contributed by atoms with Gasteiger partial charge in [-0.3, -0.25) is 29.4 Å². The van der Waals surface area contributed by atoms with Gasteiger partial charge < -0.3 is 25.0 Å². The Kier molecular flexibility index (Phi) is 10.00. The number of benzene rings is 2. The van der Waals surface area contributed by atoms with Crippen LogP contribution in [0, 0.1) is 0 Å². The van der Waals surface area contributed by atoms with E-state index in [9.17, 15) is 19.5 Å². The average molecular weight is 880 g/mol. The van der Waals surface area contributed by atoms with E-state index in [1.807, 2.05) is 44.3 Å². The third-order valence-electron chi connectivity index (χ3n) is 14.2. The molecule has 2 aromatic carbocycles. The van der Waals surface area contributed by atoms with Crippen molar-refractivity contribution in [1.29, 1.82) is 0 Å². The van der Waals surface area contributed by atoms with Crippen LogP contribution in [0.1, 0.15) is 50.3 Å². The summed E-state index contributed by atoms with van der Waals surface area (Å²) in [6.07, 6.45) is 7.55. The van der Waals surface area contributed by atoms with Gasteiger partial charge in [0.05, 0.1) is 37.5 Å². The van der Waals surface area contributed by atoms with Crippen LogP contribution in [-0.2, 0) is 35.1 Å². The molecule has 4 saturated heterocycles. The Morgan fingerprint density at radius 2 is 1.74 bits per heavy atom. The number of anilines is 5. The maximum atomic E-state index is 13.6. The molecule has 1 spiro atoms. The van der Waals surface area contributed by atoms with Crippen LogP contribution in [0.5, 0.6) is 0 Å². The van der Waals surface area contributed by atoms with E-state index in [1.54, 1.807) is 31.2 Å². The van der Waals surface area contributed by atoms with Gasteiger partial charge in [0.15, 0.2) is 17.3 Å². The van der Waals surface area contributed by atoms with Gasteiger partial charge in [0.25, 0.3) is 5.56 Å². The highest BCUT2D eigenvalue weighted by atomic mass is 16.5. The topological polar surface area (TPSA) is 184 Å². The van der Waals surface area contributed by atoms with E-state index in [0.29, 0.717) is 59.7 Å². The highest BCUT2D eigenvalue weighted by Gasteiger charge is 2.49. The van der Waals surface area contributed by atoms with Gasteiger partial charge in [0.1, 0.15) is 16.6 Å². The predicted octanol–water partition coefficient (Wildman–Crippen LogP) is 4.34. The number of morpholine rings is 1.